The molecule has 43 heavy (non-hydrogen) atoms. The number of unbranched alkanes of at least 4 members (excludes halogenated alkanes) is 11. The SMILES string of the molecule is CCCCCCCCCCCCc1ccc2c(=O)c(OCCCC)c(-c3cc(OC)c(OCCCC)c(OC)c3)oc2c1. The molecular weight excluding hydrogens is 540 g/mol. The molecule has 3 rings (SSSR count). The molecule has 0 unspecified atom stereocenters. The van der Waals surface area contributed by atoms with E-state index in [2.05, 4.69) is 26.8 Å². The van der Waals surface area contributed by atoms with Crippen LogP contribution in [0.1, 0.15) is 116 Å². The van der Waals surface area contributed by atoms with Crippen LogP contribution in [-0.4, -0.2) is 27.4 Å². The lowest BCUT2D eigenvalue weighted by Gasteiger charge is -2.17. The normalized spacial score (nSPS) is 11.2. The third-order valence-corrected chi connectivity index (χ3v) is 7.95. The van der Waals surface area contributed by atoms with Gasteiger partial charge in [0.25, 0.3) is 0 Å². The first-order valence-corrected chi connectivity index (χ1v) is 16.7. The van der Waals surface area contributed by atoms with Crippen molar-refractivity contribution >= 4 is 11.0 Å². The summed E-state index contributed by atoms with van der Waals surface area (Å²) in [5.41, 5.74) is 2.21. The average Bonchev–Trinajstić information content (AvgIpc) is 3.02. The van der Waals surface area contributed by atoms with Crippen LogP contribution in [0.5, 0.6) is 23.0 Å². The molecule has 0 amide bonds. The third kappa shape index (κ3) is 10.2. The lowest BCUT2D eigenvalue weighted by Crippen LogP contribution is -2.11. The molecule has 0 N–H and O–H groups in total. The summed E-state index contributed by atoms with van der Waals surface area (Å²) >= 11 is 0. The standard InChI is InChI=1S/C37H54O6/c1-6-9-12-13-14-15-16-17-18-19-20-28-21-22-30-31(25-28)43-35(37(34(30)38)42-24-11-8-3)29-26-32(39-4)36(33(27-29)40-5)41-23-10-7-2/h21-22,25-27H,6-20,23-24H2,1-5H3. The van der Waals surface area contributed by atoms with Gasteiger partial charge in [0.15, 0.2) is 17.3 Å². The number of aryl methyl sites for hydroxylation is 1. The molecule has 6 heteroatoms. The van der Waals surface area contributed by atoms with E-state index in [9.17, 15) is 4.79 Å². The van der Waals surface area contributed by atoms with E-state index < -0.39 is 0 Å². The highest BCUT2D eigenvalue weighted by atomic mass is 16.5. The third-order valence-electron chi connectivity index (χ3n) is 7.95. The van der Waals surface area contributed by atoms with E-state index in [1.807, 2.05) is 24.3 Å². The predicted molar refractivity (Wildman–Crippen MR) is 177 cm³/mol. The van der Waals surface area contributed by atoms with Crippen LogP contribution in [0.25, 0.3) is 22.3 Å². The predicted octanol–water partition coefficient (Wildman–Crippen LogP) is 10.3. The molecule has 0 aliphatic heterocycles. The van der Waals surface area contributed by atoms with E-state index in [-0.39, 0.29) is 11.2 Å². The van der Waals surface area contributed by atoms with Gasteiger partial charge in [-0.3, -0.25) is 4.79 Å². The van der Waals surface area contributed by atoms with Gasteiger partial charge in [0.2, 0.25) is 16.9 Å². The highest BCUT2D eigenvalue weighted by molar-refractivity contribution is 5.83. The van der Waals surface area contributed by atoms with Crippen LogP contribution in [0.15, 0.2) is 39.5 Å². The lowest BCUT2D eigenvalue weighted by molar-refractivity contribution is 0.270. The molecule has 0 radical (unpaired) electrons. The molecule has 0 aliphatic rings. The van der Waals surface area contributed by atoms with E-state index in [4.69, 9.17) is 23.4 Å². The minimum atomic E-state index is -0.168. The van der Waals surface area contributed by atoms with Crippen molar-refractivity contribution in [2.24, 2.45) is 0 Å². The molecule has 6 nitrogen and oxygen atoms in total. The van der Waals surface area contributed by atoms with E-state index in [1.165, 1.54) is 63.4 Å². The Bertz CT molecular complexity index is 1270. The first kappa shape index (κ1) is 34.3. The minimum absolute atomic E-state index is 0.168. The number of fused-ring (bicyclic) bond motifs is 1. The van der Waals surface area contributed by atoms with Crippen molar-refractivity contribution in [1.82, 2.24) is 0 Å². The summed E-state index contributed by atoms with van der Waals surface area (Å²) in [7, 11) is 3.20. The van der Waals surface area contributed by atoms with Gasteiger partial charge in [-0.25, -0.2) is 0 Å². The lowest BCUT2D eigenvalue weighted by atomic mass is 10.0. The number of methoxy groups -OCH3 is 2. The van der Waals surface area contributed by atoms with Gasteiger partial charge in [0, 0.05) is 5.56 Å². The van der Waals surface area contributed by atoms with Crippen LogP contribution < -0.4 is 24.4 Å². The summed E-state index contributed by atoms with van der Waals surface area (Å²) in [6.45, 7) is 7.46. The molecule has 1 aromatic heterocycles. The molecule has 1 heterocycles. The van der Waals surface area contributed by atoms with Crippen LogP contribution in [0, 0.1) is 0 Å². The Morgan fingerprint density at radius 2 is 1.16 bits per heavy atom. The second-order valence-corrected chi connectivity index (χ2v) is 11.5. The number of hydrogen-bond donors (Lipinski definition) is 0. The van der Waals surface area contributed by atoms with Crippen molar-refractivity contribution in [3.63, 3.8) is 0 Å². The zero-order valence-corrected chi connectivity index (χ0v) is 27.4. The summed E-state index contributed by atoms with van der Waals surface area (Å²) in [5.74, 6) is 2.16. The zero-order chi connectivity index (χ0) is 30.9. The Kier molecular flexibility index (Phi) is 15.3. The van der Waals surface area contributed by atoms with E-state index in [0.29, 0.717) is 52.8 Å². The van der Waals surface area contributed by atoms with E-state index in [0.717, 1.165) is 38.5 Å². The zero-order valence-electron chi connectivity index (χ0n) is 27.4. The second-order valence-electron chi connectivity index (χ2n) is 11.5. The molecular formula is C37H54O6. The van der Waals surface area contributed by atoms with Crippen molar-refractivity contribution in [1.29, 1.82) is 0 Å². The van der Waals surface area contributed by atoms with Crippen molar-refractivity contribution in [3.8, 4) is 34.3 Å². The smallest absolute Gasteiger partial charge is 0.235 e. The molecule has 0 atom stereocenters. The minimum Gasteiger partial charge on any atom is -0.493 e. The maximum atomic E-state index is 13.7. The molecule has 0 bridgehead atoms. The van der Waals surface area contributed by atoms with Crippen molar-refractivity contribution in [3.05, 3.63) is 46.1 Å². The molecule has 3 aromatic rings. The topological polar surface area (TPSA) is 67.1 Å². The summed E-state index contributed by atoms with van der Waals surface area (Å²) in [4.78, 5) is 13.7. The molecule has 0 saturated heterocycles. The van der Waals surface area contributed by atoms with Crippen LogP contribution in [0.4, 0.5) is 0 Å². The Hall–Kier alpha value is -3.15. The van der Waals surface area contributed by atoms with Gasteiger partial charge in [0.05, 0.1) is 32.8 Å². The number of rotatable bonds is 22. The van der Waals surface area contributed by atoms with Gasteiger partial charge >= 0.3 is 0 Å². The Morgan fingerprint density at radius 1 is 0.628 bits per heavy atom. The van der Waals surface area contributed by atoms with Gasteiger partial charge < -0.3 is 23.4 Å². The Morgan fingerprint density at radius 3 is 1.72 bits per heavy atom. The van der Waals surface area contributed by atoms with Crippen LogP contribution in [-0.2, 0) is 6.42 Å². The summed E-state index contributed by atoms with van der Waals surface area (Å²) in [6.07, 6.45) is 17.8. The van der Waals surface area contributed by atoms with Crippen LogP contribution >= 0.6 is 0 Å². The first-order valence-electron chi connectivity index (χ1n) is 16.7. The molecule has 0 fully saturated rings. The summed E-state index contributed by atoms with van der Waals surface area (Å²) < 4.78 is 30.0. The van der Waals surface area contributed by atoms with Crippen molar-refractivity contribution in [2.45, 2.75) is 117 Å². The van der Waals surface area contributed by atoms with Gasteiger partial charge in [-0.05, 0) is 55.5 Å². The van der Waals surface area contributed by atoms with Gasteiger partial charge in [0.1, 0.15) is 5.58 Å². The molecule has 238 valence electrons. The fourth-order valence-electron chi connectivity index (χ4n) is 5.30. The summed E-state index contributed by atoms with van der Waals surface area (Å²) in [5, 5.41) is 0.528. The van der Waals surface area contributed by atoms with Gasteiger partial charge in [-0.1, -0.05) is 97.5 Å². The average molecular weight is 595 g/mol. The van der Waals surface area contributed by atoms with Gasteiger partial charge in [-0.2, -0.15) is 0 Å². The van der Waals surface area contributed by atoms with E-state index >= 15 is 0 Å². The first-order chi connectivity index (χ1) is 21.1. The van der Waals surface area contributed by atoms with Crippen molar-refractivity contribution < 1.29 is 23.4 Å². The highest BCUT2D eigenvalue weighted by Gasteiger charge is 2.22. The molecule has 0 spiro atoms. The van der Waals surface area contributed by atoms with Crippen LogP contribution in [0.2, 0.25) is 0 Å². The fraction of sp³-hybridized carbons (Fsp3) is 0.595. The Balaban J connectivity index is 1.84. The molecule has 2 aromatic carbocycles. The van der Waals surface area contributed by atoms with Crippen LogP contribution in [0.3, 0.4) is 0 Å². The maximum Gasteiger partial charge on any atom is 0.235 e. The number of benzene rings is 2. The largest absolute Gasteiger partial charge is 0.493 e. The monoisotopic (exact) mass is 594 g/mol. The van der Waals surface area contributed by atoms with Gasteiger partial charge in [-0.15, -0.1) is 0 Å². The van der Waals surface area contributed by atoms with Crippen molar-refractivity contribution in [2.75, 3.05) is 27.4 Å². The van der Waals surface area contributed by atoms with E-state index in [1.54, 1.807) is 14.2 Å². The maximum absolute atomic E-state index is 13.7. The fourth-order valence-corrected chi connectivity index (χ4v) is 5.30. The molecule has 0 aliphatic carbocycles. The quantitative estimate of drug-likeness (QED) is 0.108. The Labute approximate surface area is 259 Å². The second kappa shape index (κ2) is 19.2. The molecule has 0 saturated carbocycles. The summed E-state index contributed by atoms with van der Waals surface area (Å²) in [6, 6.07) is 9.61. The number of hydrogen-bond acceptors (Lipinski definition) is 6. The number of ether oxygens (including phenoxy) is 4. The highest BCUT2D eigenvalue weighted by Crippen LogP contribution is 2.43.